The molecule has 0 heterocycles. The first-order valence-electron chi connectivity index (χ1n) is 6.89. The highest BCUT2D eigenvalue weighted by Gasteiger charge is 2.18. The van der Waals surface area contributed by atoms with Gasteiger partial charge < -0.3 is 10.1 Å². The van der Waals surface area contributed by atoms with Gasteiger partial charge in [-0.25, -0.2) is 17.2 Å². The van der Waals surface area contributed by atoms with E-state index in [-0.39, 0.29) is 16.3 Å². The fraction of sp³-hybridized carbons (Fsp3) is 0.188. The van der Waals surface area contributed by atoms with Crippen molar-refractivity contribution < 1.29 is 26.7 Å². The molecule has 24 heavy (non-hydrogen) atoms. The summed E-state index contributed by atoms with van der Waals surface area (Å²) in [7, 11) is -3.54. The standard InChI is InChI=1S/C16H15F2NO4S/c1-10(23-12-5-3-11(17)4-6-12)16(20)19-15-9-13(24(2,21)22)7-8-14(15)18/h3-10H,1-2H3,(H,19,20). The molecule has 2 aromatic rings. The van der Waals surface area contributed by atoms with Crippen LogP contribution in [0.4, 0.5) is 14.5 Å². The number of hydrogen-bond donors (Lipinski definition) is 1. The van der Waals surface area contributed by atoms with Crippen LogP contribution in [0, 0.1) is 11.6 Å². The van der Waals surface area contributed by atoms with Crippen molar-refractivity contribution in [2.24, 2.45) is 0 Å². The van der Waals surface area contributed by atoms with Crippen LogP contribution in [0.15, 0.2) is 47.4 Å². The van der Waals surface area contributed by atoms with E-state index in [2.05, 4.69) is 5.32 Å². The van der Waals surface area contributed by atoms with Gasteiger partial charge in [-0.1, -0.05) is 0 Å². The van der Waals surface area contributed by atoms with Gasteiger partial charge >= 0.3 is 0 Å². The van der Waals surface area contributed by atoms with Gasteiger partial charge in [-0.2, -0.15) is 0 Å². The molecule has 1 N–H and O–H groups in total. The topological polar surface area (TPSA) is 72.5 Å². The number of amides is 1. The predicted molar refractivity (Wildman–Crippen MR) is 84.6 cm³/mol. The Morgan fingerprint density at radius 1 is 1.12 bits per heavy atom. The summed E-state index contributed by atoms with van der Waals surface area (Å²) in [6, 6.07) is 8.15. The monoisotopic (exact) mass is 355 g/mol. The normalized spacial score (nSPS) is 12.5. The quantitative estimate of drug-likeness (QED) is 0.837. The van der Waals surface area contributed by atoms with Gasteiger partial charge in [0.1, 0.15) is 17.4 Å². The number of anilines is 1. The van der Waals surface area contributed by atoms with Gasteiger partial charge in [0.25, 0.3) is 5.91 Å². The van der Waals surface area contributed by atoms with E-state index in [1.807, 2.05) is 0 Å². The first-order valence-corrected chi connectivity index (χ1v) is 8.78. The zero-order valence-corrected chi connectivity index (χ0v) is 13.7. The average Bonchev–Trinajstić information content (AvgIpc) is 2.50. The molecule has 0 saturated heterocycles. The van der Waals surface area contributed by atoms with E-state index in [9.17, 15) is 22.0 Å². The fourth-order valence-corrected chi connectivity index (χ4v) is 2.48. The molecule has 0 fully saturated rings. The Hall–Kier alpha value is -2.48. The van der Waals surface area contributed by atoms with Crippen molar-refractivity contribution in [3.05, 3.63) is 54.1 Å². The molecule has 0 aliphatic carbocycles. The third-order valence-corrected chi connectivity index (χ3v) is 4.23. The minimum absolute atomic E-state index is 0.119. The number of hydrogen-bond acceptors (Lipinski definition) is 4. The number of benzene rings is 2. The molecule has 2 rings (SSSR count). The lowest BCUT2D eigenvalue weighted by atomic mass is 10.2. The fourth-order valence-electron chi connectivity index (χ4n) is 1.84. The third kappa shape index (κ3) is 4.51. The maximum absolute atomic E-state index is 13.8. The summed E-state index contributed by atoms with van der Waals surface area (Å²) in [6.07, 6.45) is -0.0247. The van der Waals surface area contributed by atoms with E-state index in [4.69, 9.17) is 4.74 Å². The van der Waals surface area contributed by atoms with Crippen molar-refractivity contribution in [1.82, 2.24) is 0 Å². The van der Waals surface area contributed by atoms with E-state index < -0.39 is 33.5 Å². The lowest BCUT2D eigenvalue weighted by Gasteiger charge is -2.15. The van der Waals surface area contributed by atoms with Gasteiger partial charge in [0.2, 0.25) is 0 Å². The molecule has 0 aliphatic rings. The van der Waals surface area contributed by atoms with Gasteiger partial charge in [-0.05, 0) is 49.4 Å². The summed E-state index contributed by atoms with van der Waals surface area (Å²) in [6.45, 7) is 1.43. The van der Waals surface area contributed by atoms with Gasteiger partial charge in [0, 0.05) is 6.26 Å². The molecule has 1 amide bonds. The largest absolute Gasteiger partial charge is 0.481 e. The van der Waals surface area contributed by atoms with Gasteiger partial charge in [-0.3, -0.25) is 4.79 Å². The van der Waals surface area contributed by atoms with E-state index >= 15 is 0 Å². The summed E-state index contributed by atoms with van der Waals surface area (Å²) >= 11 is 0. The van der Waals surface area contributed by atoms with E-state index in [1.54, 1.807) is 0 Å². The van der Waals surface area contributed by atoms with Crippen molar-refractivity contribution in [2.45, 2.75) is 17.9 Å². The van der Waals surface area contributed by atoms with Crippen LogP contribution in [0.2, 0.25) is 0 Å². The number of sulfone groups is 1. The molecule has 8 heteroatoms. The van der Waals surface area contributed by atoms with Gasteiger partial charge in [0.15, 0.2) is 15.9 Å². The number of carbonyl (C=O) groups is 1. The lowest BCUT2D eigenvalue weighted by molar-refractivity contribution is -0.122. The average molecular weight is 355 g/mol. The predicted octanol–water partition coefficient (Wildman–Crippen LogP) is 2.77. The molecular weight excluding hydrogens is 340 g/mol. The Bertz CT molecular complexity index is 851. The second-order valence-corrected chi connectivity index (χ2v) is 7.13. The van der Waals surface area contributed by atoms with Gasteiger partial charge in [-0.15, -0.1) is 0 Å². The highest BCUT2D eigenvalue weighted by Crippen LogP contribution is 2.20. The van der Waals surface area contributed by atoms with Crippen LogP contribution in [0.1, 0.15) is 6.92 Å². The van der Waals surface area contributed by atoms with Crippen molar-refractivity contribution >= 4 is 21.4 Å². The molecule has 5 nitrogen and oxygen atoms in total. The molecule has 1 unspecified atom stereocenters. The zero-order chi connectivity index (χ0) is 17.9. The van der Waals surface area contributed by atoms with Crippen LogP contribution in [0.5, 0.6) is 5.75 Å². The minimum Gasteiger partial charge on any atom is -0.481 e. The molecule has 2 aromatic carbocycles. The first-order chi connectivity index (χ1) is 11.2. The van der Waals surface area contributed by atoms with Crippen LogP contribution >= 0.6 is 0 Å². The van der Waals surface area contributed by atoms with Crippen molar-refractivity contribution in [1.29, 1.82) is 0 Å². The van der Waals surface area contributed by atoms with E-state index in [1.165, 1.54) is 31.2 Å². The van der Waals surface area contributed by atoms with Gasteiger partial charge in [0.05, 0.1) is 10.6 Å². The molecule has 0 bridgehead atoms. The van der Waals surface area contributed by atoms with Crippen molar-refractivity contribution in [3.63, 3.8) is 0 Å². The molecule has 0 radical (unpaired) electrons. The summed E-state index contributed by atoms with van der Waals surface area (Å²) in [5.41, 5.74) is -0.266. The summed E-state index contributed by atoms with van der Waals surface area (Å²) in [5.74, 6) is -1.63. The maximum Gasteiger partial charge on any atom is 0.265 e. The summed E-state index contributed by atoms with van der Waals surface area (Å²) < 4.78 is 54.9. The molecule has 0 aromatic heterocycles. The Balaban J connectivity index is 2.12. The van der Waals surface area contributed by atoms with Crippen molar-refractivity contribution in [2.75, 3.05) is 11.6 Å². The Morgan fingerprint density at radius 2 is 1.75 bits per heavy atom. The highest BCUT2D eigenvalue weighted by atomic mass is 32.2. The van der Waals surface area contributed by atoms with Crippen molar-refractivity contribution in [3.8, 4) is 5.75 Å². The molecule has 0 aliphatic heterocycles. The Morgan fingerprint density at radius 3 is 2.33 bits per heavy atom. The third-order valence-electron chi connectivity index (χ3n) is 3.12. The van der Waals surface area contributed by atoms with E-state index in [0.717, 1.165) is 24.5 Å². The second kappa shape index (κ2) is 6.96. The minimum atomic E-state index is -3.54. The molecule has 0 spiro atoms. The number of carbonyl (C=O) groups excluding carboxylic acids is 1. The number of rotatable bonds is 5. The lowest BCUT2D eigenvalue weighted by Crippen LogP contribution is -2.30. The first kappa shape index (κ1) is 17.9. The summed E-state index contributed by atoms with van der Waals surface area (Å²) in [4.78, 5) is 12.0. The number of nitrogens with one attached hydrogen (secondary N) is 1. The Kier molecular flexibility index (Phi) is 5.18. The van der Waals surface area contributed by atoms with Crippen LogP contribution in [-0.2, 0) is 14.6 Å². The van der Waals surface area contributed by atoms with Crippen LogP contribution < -0.4 is 10.1 Å². The van der Waals surface area contributed by atoms with Crippen LogP contribution in [0.3, 0.4) is 0 Å². The molecule has 0 saturated carbocycles. The smallest absolute Gasteiger partial charge is 0.265 e. The van der Waals surface area contributed by atoms with Crippen LogP contribution in [0.25, 0.3) is 0 Å². The number of halogens is 2. The zero-order valence-electron chi connectivity index (χ0n) is 12.9. The molecular formula is C16H15F2NO4S. The molecule has 128 valence electrons. The summed E-state index contributed by atoms with van der Waals surface area (Å²) in [5, 5.41) is 2.28. The van der Waals surface area contributed by atoms with Crippen LogP contribution in [-0.4, -0.2) is 26.7 Å². The Labute approximate surface area is 138 Å². The maximum atomic E-state index is 13.8. The number of ether oxygens (including phenoxy) is 1. The second-order valence-electron chi connectivity index (χ2n) is 5.12. The highest BCUT2D eigenvalue weighted by molar-refractivity contribution is 7.90. The SMILES string of the molecule is CC(Oc1ccc(F)cc1)C(=O)Nc1cc(S(C)(=O)=O)ccc1F. The molecule has 1 atom stereocenters. The van der Waals surface area contributed by atoms with E-state index in [0.29, 0.717) is 0 Å².